The molecule has 0 heterocycles. The molecule has 102 valence electrons. The van der Waals surface area contributed by atoms with E-state index < -0.39 is 6.10 Å². The monoisotopic (exact) mass is 271 g/mol. The highest BCUT2D eigenvalue weighted by atomic mass is 19.1. The highest BCUT2D eigenvalue weighted by Gasteiger charge is 2.13. The minimum absolute atomic E-state index is 0.381. The molecule has 3 nitrogen and oxygen atoms in total. The molecule has 2 rings (SSSR count). The summed E-state index contributed by atoms with van der Waals surface area (Å²) >= 11 is 0. The Morgan fingerprint density at radius 3 is 2.45 bits per heavy atom. The molecule has 0 aromatic heterocycles. The van der Waals surface area contributed by atoms with Crippen LogP contribution in [0.5, 0.6) is 11.5 Å². The van der Waals surface area contributed by atoms with E-state index in [2.05, 4.69) is 0 Å². The molecule has 0 radical (unpaired) electrons. The van der Waals surface area contributed by atoms with Crippen molar-refractivity contribution in [2.75, 3.05) is 0 Å². The lowest BCUT2D eigenvalue weighted by atomic mass is 10.1. The van der Waals surface area contributed by atoms with Gasteiger partial charge in [0.05, 0.1) is 17.7 Å². The largest absolute Gasteiger partial charge is 0.457 e. The summed E-state index contributed by atoms with van der Waals surface area (Å²) in [6, 6.07) is 11.4. The van der Waals surface area contributed by atoms with Crippen molar-refractivity contribution >= 4 is 0 Å². The summed E-state index contributed by atoms with van der Waals surface area (Å²) < 4.78 is 19.2. The fourth-order valence-corrected chi connectivity index (χ4v) is 1.81. The van der Waals surface area contributed by atoms with Gasteiger partial charge in [0.2, 0.25) is 0 Å². The van der Waals surface area contributed by atoms with Crippen LogP contribution in [0.25, 0.3) is 0 Å². The van der Waals surface area contributed by atoms with Crippen LogP contribution in [0.15, 0.2) is 36.4 Å². The number of aliphatic hydroxyl groups excluding tert-OH is 1. The topological polar surface area (TPSA) is 53.2 Å². The van der Waals surface area contributed by atoms with Gasteiger partial charge in [0.15, 0.2) is 0 Å². The maximum Gasteiger partial charge on any atom is 0.133 e. The molecule has 2 aromatic carbocycles. The number of halogens is 1. The Kier molecular flexibility index (Phi) is 4.02. The molecule has 0 bridgehead atoms. The summed E-state index contributed by atoms with van der Waals surface area (Å²) in [5.41, 5.74) is 1.36. The number of benzene rings is 2. The molecular formula is C16H14FNO2. The van der Waals surface area contributed by atoms with Crippen LogP contribution in [-0.4, -0.2) is 5.11 Å². The molecule has 0 spiro atoms. The van der Waals surface area contributed by atoms with Gasteiger partial charge in [-0.1, -0.05) is 0 Å². The van der Waals surface area contributed by atoms with Gasteiger partial charge in [0, 0.05) is 5.56 Å². The van der Waals surface area contributed by atoms with Crippen LogP contribution in [-0.2, 0) is 0 Å². The third-order valence-corrected chi connectivity index (χ3v) is 2.95. The summed E-state index contributed by atoms with van der Waals surface area (Å²) in [7, 11) is 0. The molecule has 0 amide bonds. The minimum atomic E-state index is -0.835. The van der Waals surface area contributed by atoms with Crippen molar-refractivity contribution in [3.8, 4) is 17.6 Å². The van der Waals surface area contributed by atoms with E-state index in [-0.39, 0.29) is 5.82 Å². The number of hydrogen-bond acceptors (Lipinski definition) is 3. The lowest BCUT2D eigenvalue weighted by Gasteiger charge is -2.14. The van der Waals surface area contributed by atoms with E-state index in [0.717, 1.165) is 0 Å². The Balaban J connectivity index is 2.36. The molecule has 20 heavy (non-hydrogen) atoms. The van der Waals surface area contributed by atoms with Crippen LogP contribution in [0, 0.1) is 24.1 Å². The third-order valence-electron chi connectivity index (χ3n) is 2.95. The molecule has 0 aliphatic carbocycles. The number of rotatable bonds is 3. The first-order chi connectivity index (χ1) is 9.51. The highest BCUT2D eigenvalue weighted by molar-refractivity contribution is 5.43. The summed E-state index contributed by atoms with van der Waals surface area (Å²) in [4.78, 5) is 0. The molecule has 4 heteroatoms. The van der Waals surface area contributed by atoms with Gasteiger partial charge in [-0.3, -0.25) is 0 Å². The zero-order valence-corrected chi connectivity index (χ0v) is 11.2. The average Bonchev–Trinajstić information content (AvgIpc) is 2.43. The van der Waals surface area contributed by atoms with Gasteiger partial charge in [-0.15, -0.1) is 0 Å². The van der Waals surface area contributed by atoms with Crippen molar-refractivity contribution in [3.63, 3.8) is 0 Å². The number of ether oxygens (including phenoxy) is 1. The van der Waals surface area contributed by atoms with E-state index >= 15 is 0 Å². The van der Waals surface area contributed by atoms with Gasteiger partial charge in [-0.05, 0) is 55.8 Å². The van der Waals surface area contributed by atoms with Crippen molar-refractivity contribution in [2.45, 2.75) is 20.0 Å². The van der Waals surface area contributed by atoms with E-state index in [0.29, 0.717) is 28.2 Å². The summed E-state index contributed by atoms with van der Waals surface area (Å²) in [6.07, 6.45) is -0.835. The number of aryl methyl sites for hydroxylation is 1. The van der Waals surface area contributed by atoms with Crippen LogP contribution < -0.4 is 4.74 Å². The molecule has 1 N–H and O–H groups in total. The third kappa shape index (κ3) is 2.95. The summed E-state index contributed by atoms with van der Waals surface area (Å²) in [5, 5.41) is 18.4. The first-order valence-corrected chi connectivity index (χ1v) is 6.17. The molecule has 0 aliphatic rings. The van der Waals surface area contributed by atoms with Gasteiger partial charge in [0.25, 0.3) is 0 Å². The zero-order valence-electron chi connectivity index (χ0n) is 11.2. The quantitative estimate of drug-likeness (QED) is 0.922. The normalized spacial score (nSPS) is 11.8. The Morgan fingerprint density at radius 1 is 1.25 bits per heavy atom. The predicted octanol–water partition coefficient (Wildman–Crippen LogP) is 3.85. The van der Waals surface area contributed by atoms with Crippen molar-refractivity contribution in [2.24, 2.45) is 0 Å². The van der Waals surface area contributed by atoms with E-state index in [9.17, 15) is 9.50 Å². The Labute approximate surface area is 116 Å². The second-order valence-electron chi connectivity index (χ2n) is 4.55. The van der Waals surface area contributed by atoms with Gasteiger partial charge in [-0.25, -0.2) is 4.39 Å². The standard InChI is InChI=1S/C16H14FNO2/c1-10-7-16(14(11(2)19)8-15(10)17)20-13-5-3-12(9-18)4-6-13/h3-8,11,19H,1-2H3. The summed E-state index contributed by atoms with van der Waals surface area (Å²) in [6.45, 7) is 3.18. The molecule has 0 aliphatic heterocycles. The van der Waals surface area contributed by atoms with Crippen LogP contribution >= 0.6 is 0 Å². The fraction of sp³-hybridized carbons (Fsp3) is 0.188. The van der Waals surface area contributed by atoms with Gasteiger partial charge in [0.1, 0.15) is 17.3 Å². The molecule has 0 fully saturated rings. The van der Waals surface area contributed by atoms with Crippen LogP contribution in [0.4, 0.5) is 4.39 Å². The Hall–Kier alpha value is -2.38. The minimum Gasteiger partial charge on any atom is -0.457 e. The number of aliphatic hydroxyl groups is 1. The van der Waals surface area contributed by atoms with Crippen LogP contribution in [0.2, 0.25) is 0 Å². The maximum absolute atomic E-state index is 13.6. The second-order valence-corrected chi connectivity index (χ2v) is 4.55. The highest BCUT2D eigenvalue weighted by Crippen LogP contribution is 2.32. The SMILES string of the molecule is Cc1cc(Oc2ccc(C#N)cc2)c(C(C)O)cc1F. The van der Waals surface area contributed by atoms with E-state index in [1.165, 1.54) is 6.07 Å². The van der Waals surface area contributed by atoms with Crippen molar-refractivity contribution in [3.05, 3.63) is 58.9 Å². The van der Waals surface area contributed by atoms with E-state index in [1.807, 2.05) is 6.07 Å². The first kappa shape index (κ1) is 14.0. The summed E-state index contributed by atoms with van der Waals surface area (Å²) in [5.74, 6) is 0.550. The van der Waals surface area contributed by atoms with Crippen molar-refractivity contribution in [1.29, 1.82) is 5.26 Å². The van der Waals surface area contributed by atoms with Crippen LogP contribution in [0.3, 0.4) is 0 Å². The Morgan fingerprint density at radius 2 is 1.90 bits per heavy atom. The second kappa shape index (κ2) is 5.72. The lowest BCUT2D eigenvalue weighted by Crippen LogP contribution is -1.99. The van der Waals surface area contributed by atoms with Crippen molar-refractivity contribution in [1.82, 2.24) is 0 Å². The van der Waals surface area contributed by atoms with Crippen molar-refractivity contribution < 1.29 is 14.2 Å². The lowest BCUT2D eigenvalue weighted by molar-refractivity contribution is 0.195. The number of nitrogens with zero attached hydrogens (tertiary/aromatic N) is 1. The number of hydrogen-bond donors (Lipinski definition) is 1. The molecule has 0 saturated heterocycles. The Bertz CT molecular complexity index is 657. The maximum atomic E-state index is 13.6. The molecule has 0 saturated carbocycles. The van der Waals surface area contributed by atoms with E-state index in [4.69, 9.17) is 10.00 Å². The molecule has 1 unspecified atom stereocenters. The average molecular weight is 271 g/mol. The van der Waals surface area contributed by atoms with Gasteiger partial charge < -0.3 is 9.84 Å². The van der Waals surface area contributed by atoms with Gasteiger partial charge >= 0.3 is 0 Å². The smallest absolute Gasteiger partial charge is 0.133 e. The molecule has 2 aromatic rings. The number of nitriles is 1. The predicted molar refractivity (Wildman–Crippen MR) is 73.0 cm³/mol. The zero-order chi connectivity index (χ0) is 14.7. The fourth-order valence-electron chi connectivity index (χ4n) is 1.81. The molecule has 1 atom stereocenters. The first-order valence-electron chi connectivity index (χ1n) is 6.17. The van der Waals surface area contributed by atoms with Crippen LogP contribution in [0.1, 0.15) is 29.7 Å². The molecular weight excluding hydrogens is 257 g/mol. The van der Waals surface area contributed by atoms with Gasteiger partial charge in [-0.2, -0.15) is 5.26 Å². The van der Waals surface area contributed by atoms with E-state index in [1.54, 1.807) is 44.2 Å².